The standard InChI is InChI=1S/C23H21ClFN3O4S2/c1-2-33(29,30)27-21-10-6-4-8-19(21)22-15-23(18-7-3-5-9-20(18)25)28(26-22)34(31,32)17-13-11-16(24)12-14-17/h3-14,23,27H,2,15H2,1H3/t23-/m1/s1. The van der Waals surface area contributed by atoms with E-state index in [1.54, 1.807) is 30.3 Å². The predicted molar refractivity (Wildman–Crippen MR) is 130 cm³/mol. The van der Waals surface area contributed by atoms with Gasteiger partial charge >= 0.3 is 0 Å². The van der Waals surface area contributed by atoms with Crippen molar-refractivity contribution in [3.63, 3.8) is 0 Å². The van der Waals surface area contributed by atoms with Gasteiger partial charge in [0.1, 0.15) is 5.82 Å². The van der Waals surface area contributed by atoms with Gasteiger partial charge in [-0.25, -0.2) is 12.8 Å². The number of anilines is 1. The Kier molecular flexibility index (Phi) is 6.66. The van der Waals surface area contributed by atoms with Crippen molar-refractivity contribution >= 4 is 43.0 Å². The number of nitrogens with one attached hydrogen (secondary N) is 1. The van der Waals surface area contributed by atoms with Gasteiger partial charge in [0, 0.05) is 22.6 Å². The summed E-state index contributed by atoms with van der Waals surface area (Å²) >= 11 is 5.91. The van der Waals surface area contributed by atoms with Crippen molar-refractivity contribution in [2.45, 2.75) is 24.3 Å². The smallest absolute Gasteiger partial charge is 0.279 e. The van der Waals surface area contributed by atoms with Crippen LogP contribution in [0.25, 0.3) is 0 Å². The molecule has 178 valence electrons. The maximum atomic E-state index is 14.8. The predicted octanol–water partition coefficient (Wildman–Crippen LogP) is 4.78. The van der Waals surface area contributed by atoms with E-state index in [9.17, 15) is 21.2 Å². The van der Waals surface area contributed by atoms with E-state index in [0.29, 0.717) is 16.3 Å². The molecular weight excluding hydrogens is 501 g/mol. The topological polar surface area (TPSA) is 95.9 Å². The molecule has 1 aliphatic rings. The molecule has 0 saturated heterocycles. The average Bonchev–Trinajstić information content (AvgIpc) is 3.26. The van der Waals surface area contributed by atoms with Crippen LogP contribution >= 0.6 is 11.6 Å². The summed E-state index contributed by atoms with van der Waals surface area (Å²) in [6.45, 7) is 1.51. The fourth-order valence-corrected chi connectivity index (χ4v) is 5.84. The number of halogens is 2. The number of para-hydroxylation sites is 1. The van der Waals surface area contributed by atoms with Crippen LogP contribution in [0.2, 0.25) is 5.02 Å². The second-order valence-corrected chi connectivity index (χ2v) is 11.8. The van der Waals surface area contributed by atoms with Crippen molar-refractivity contribution in [1.82, 2.24) is 4.41 Å². The highest BCUT2D eigenvalue weighted by Gasteiger charge is 2.39. The first-order chi connectivity index (χ1) is 16.1. The number of sulfonamides is 2. The Balaban J connectivity index is 1.84. The van der Waals surface area contributed by atoms with E-state index in [0.717, 1.165) is 4.41 Å². The molecule has 0 saturated carbocycles. The second-order valence-electron chi connectivity index (χ2n) is 7.57. The minimum absolute atomic E-state index is 0.0403. The molecule has 11 heteroatoms. The van der Waals surface area contributed by atoms with Crippen molar-refractivity contribution in [3.05, 3.63) is 94.8 Å². The van der Waals surface area contributed by atoms with Gasteiger partial charge in [0.25, 0.3) is 10.0 Å². The summed E-state index contributed by atoms with van der Waals surface area (Å²) in [5.41, 5.74) is 1.14. The molecule has 0 unspecified atom stereocenters. The molecule has 0 aromatic heterocycles. The van der Waals surface area contributed by atoms with E-state index < -0.39 is 31.9 Å². The van der Waals surface area contributed by atoms with Gasteiger partial charge < -0.3 is 0 Å². The van der Waals surface area contributed by atoms with Crippen LogP contribution in [0.15, 0.2) is 82.8 Å². The van der Waals surface area contributed by atoms with Gasteiger partial charge in [0.2, 0.25) is 10.0 Å². The zero-order chi connectivity index (χ0) is 24.5. The van der Waals surface area contributed by atoms with Crippen LogP contribution in [-0.4, -0.2) is 32.7 Å². The SMILES string of the molecule is CCS(=O)(=O)Nc1ccccc1C1=NN(S(=O)(=O)c2ccc(Cl)cc2)[C@@H](c2ccccc2F)C1. The Morgan fingerprint density at radius 2 is 1.65 bits per heavy atom. The number of hydrogen-bond donors (Lipinski definition) is 1. The summed E-state index contributed by atoms with van der Waals surface area (Å²) < 4.78 is 69.6. The van der Waals surface area contributed by atoms with Crippen molar-refractivity contribution in [2.24, 2.45) is 5.10 Å². The van der Waals surface area contributed by atoms with Crippen LogP contribution in [0.5, 0.6) is 0 Å². The molecule has 7 nitrogen and oxygen atoms in total. The molecule has 1 atom stereocenters. The number of rotatable bonds is 7. The summed E-state index contributed by atoms with van der Waals surface area (Å²) in [7, 11) is -7.78. The zero-order valence-electron chi connectivity index (χ0n) is 18.0. The van der Waals surface area contributed by atoms with Crippen LogP contribution in [0.1, 0.15) is 30.5 Å². The lowest BCUT2D eigenvalue weighted by molar-refractivity contribution is 0.362. The van der Waals surface area contributed by atoms with Gasteiger partial charge in [-0.15, -0.1) is 0 Å². The third kappa shape index (κ3) is 4.79. The highest BCUT2D eigenvalue weighted by Crippen LogP contribution is 2.39. The summed E-state index contributed by atoms with van der Waals surface area (Å²) in [4.78, 5) is -0.0526. The van der Waals surface area contributed by atoms with E-state index in [-0.39, 0.29) is 28.3 Å². The summed E-state index contributed by atoms with van der Waals surface area (Å²) in [6, 6.07) is 17.1. The van der Waals surface area contributed by atoms with E-state index in [2.05, 4.69) is 9.82 Å². The molecule has 1 aliphatic heterocycles. The minimum Gasteiger partial charge on any atom is -0.283 e. The quantitative estimate of drug-likeness (QED) is 0.484. The Bertz CT molecular complexity index is 1460. The lowest BCUT2D eigenvalue weighted by atomic mass is 9.98. The first kappa shape index (κ1) is 24.2. The van der Waals surface area contributed by atoms with Crippen molar-refractivity contribution < 1.29 is 21.2 Å². The molecular formula is C23H21ClFN3O4S2. The van der Waals surface area contributed by atoms with E-state index in [1.165, 1.54) is 49.4 Å². The van der Waals surface area contributed by atoms with Gasteiger partial charge in [-0.2, -0.15) is 17.9 Å². The molecule has 0 fully saturated rings. The Morgan fingerprint density at radius 3 is 2.32 bits per heavy atom. The fourth-order valence-electron chi connectivity index (χ4n) is 3.63. The van der Waals surface area contributed by atoms with Crippen molar-refractivity contribution in [2.75, 3.05) is 10.5 Å². The first-order valence-electron chi connectivity index (χ1n) is 10.3. The Hall–Kier alpha value is -2.95. The molecule has 1 heterocycles. The summed E-state index contributed by atoms with van der Waals surface area (Å²) in [6.07, 6.45) is 0.0403. The fraction of sp³-hybridized carbons (Fsp3) is 0.174. The highest BCUT2D eigenvalue weighted by molar-refractivity contribution is 7.92. The van der Waals surface area contributed by atoms with Gasteiger partial charge in [-0.05, 0) is 43.3 Å². The third-order valence-electron chi connectivity index (χ3n) is 5.38. The van der Waals surface area contributed by atoms with Crippen LogP contribution in [0.4, 0.5) is 10.1 Å². The molecule has 1 N–H and O–H groups in total. The third-order valence-corrected chi connectivity index (χ3v) is 8.62. The van der Waals surface area contributed by atoms with Crippen molar-refractivity contribution in [3.8, 4) is 0 Å². The highest BCUT2D eigenvalue weighted by atomic mass is 35.5. The second kappa shape index (κ2) is 9.36. The van der Waals surface area contributed by atoms with E-state index >= 15 is 0 Å². The molecule has 0 aliphatic carbocycles. The molecule has 3 aromatic rings. The van der Waals surface area contributed by atoms with Gasteiger partial charge in [-0.1, -0.05) is 48.0 Å². The molecule has 0 bridgehead atoms. The molecule has 0 amide bonds. The Morgan fingerprint density at radius 1 is 1.00 bits per heavy atom. The van der Waals surface area contributed by atoms with Gasteiger partial charge in [0.15, 0.2) is 0 Å². The molecule has 0 radical (unpaired) electrons. The maximum Gasteiger partial charge on any atom is 0.279 e. The van der Waals surface area contributed by atoms with E-state index in [4.69, 9.17) is 11.6 Å². The van der Waals surface area contributed by atoms with E-state index in [1.807, 2.05) is 0 Å². The molecule has 4 rings (SSSR count). The Labute approximate surface area is 203 Å². The van der Waals surface area contributed by atoms with Crippen LogP contribution < -0.4 is 4.72 Å². The number of benzene rings is 3. The van der Waals surface area contributed by atoms with Crippen molar-refractivity contribution in [1.29, 1.82) is 0 Å². The largest absolute Gasteiger partial charge is 0.283 e. The molecule has 34 heavy (non-hydrogen) atoms. The average molecular weight is 522 g/mol. The van der Waals surface area contributed by atoms with Gasteiger partial charge in [-0.3, -0.25) is 4.72 Å². The molecule has 0 spiro atoms. The minimum atomic E-state index is -4.18. The lowest BCUT2D eigenvalue weighted by Gasteiger charge is -2.23. The van der Waals surface area contributed by atoms with Crippen LogP contribution in [-0.2, 0) is 20.0 Å². The summed E-state index contributed by atoms with van der Waals surface area (Å²) in [5, 5.41) is 4.74. The number of nitrogens with zero attached hydrogens (tertiary/aromatic N) is 2. The van der Waals surface area contributed by atoms with Crippen LogP contribution in [0.3, 0.4) is 0 Å². The lowest BCUT2D eigenvalue weighted by Crippen LogP contribution is -2.27. The van der Waals surface area contributed by atoms with Gasteiger partial charge in [0.05, 0.1) is 28.1 Å². The molecule has 3 aromatic carbocycles. The normalized spacial score (nSPS) is 16.4. The zero-order valence-corrected chi connectivity index (χ0v) is 20.4. The van der Waals surface area contributed by atoms with Crippen LogP contribution in [0, 0.1) is 5.82 Å². The number of hydrogen-bond acceptors (Lipinski definition) is 5. The number of hydrazone groups is 1. The first-order valence-corrected chi connectivity index (χ1v) is 13.8. The summed E-state index contributed by atoms with van der Waals surface area (Å²) in [5.74, 6) is -0.705. The monoisotopic (exact) mass is 521 g/mol. The maximum absolute atomic E-state index is 14.8.